The molecule has 0 unspecified atom stereocenters. The van der Waals surface area contributed by atoms with E-state index in [4.69, 9.17) is 24.4 Å². The van der Waals surface area contributed by atoms with E-state index in [0.717, 1.165) is 0 Å². The molecule has 66 valence electrons. The Morgan fingerprint density at radius 2 is 2.25 bits per heavy atom. The minimum absolute atomic E-state index is 0.0129. The molecule has 0 saturated carbocycles. The van der Waals surface area contributed by atoms with Crippen molar-refractivity contribution in [3.05, 3.63) is 0 Å². The van der Waals surface area contributed by atoms with Crippen LogP contribution < -0.4 is 11.5 Å². The number of amidine groups is 1. The van der Waals surface area contributed by atoms with E-state index in [1.807, 2.05) is 0 Å². The van der Waals surface area contributed by atoms with Crippen molar-refractivity contribution < 1.29 is 9.90 Å². The van der Waals surface area contributed by atoms with E-state index in [9.17, 15) is 4.79 Å². The standard InChI is InChI=1S/C6H12BN3O2/c7-6(9)10-3-1-2-4(8)5(11)12/h4H,1-3,8H2,(H2,9,10)(H,11,12)/t4-/m0/s1/i3+1. The van der Waals surface area contributed by atoms with Crippen molar-refractivity contribution >= 4 is 19.6 Å². The molecule has 2 radical (unpaired) electrons. The zero-order valence-corrected chi connectivity index (χ0v) is 6.73. The van der Waals surface area contributed by atoms with Crippen LogP contribution in [0.4, 0.5) is 0 Å². The van der Waals surface area contributed by atoms with Crippen molar-refractivity contribution in [1.82, 2.24) is 0 Å². The van der Waals surface area contributed by atoms with E-state index in [1.54, 1.807) is 0 Å². The Balaban J connectivity index is 3.44. The zero-order valence-electron chi connectivity index (χ0n) is 6.73. The van der Waals surface area contributed by atoms with Crippen LogP contribution in [0.25, 0.3) is 0 Å². The Labute approximate surface area is 72.2 Å². The van der Waals surface area contributed by atoms with Crippen molar-refractivity contribution in [2.24, 2.45) is 16.5 Å². The predicted octanol–water partition coefficient (Wildman–Crippen LogP) is -1.34. The molecule has 0 bridgehead atoms. The van der Waals surface area contributed by atoms with Crippen molar-refractivity contribution in [3.8, 4) is 0 Å². The Hall–Kier alpha value is -1.04. The topological polar surface area (TPSA) is 102 Å². The molecule has 0 aliphatic heterocycles. The molecule has 0 aromatic heterocycles. The fraction of sp³-hybridized carbons (Fsp3) is 0.667. The van der Waals surface area contributed by atoms with Gasteiger partial charge in [-0.15, -0.1) is 0 Å². The van der Waals surface area contributed by atoms with Crippen LogP contribution in [0.15, 0.2) is 4.99 Å². The van der Waals surface area contributed by atoms with Crippen LogP contribution >= 0.6 is 0 Å². The number of aliphatic carboxylic acids is 1. The number of carbonyl (C=O) groups is 1. The van der Waals surface area contributed by atoms with E-state index in [1.165, 1.54) is 0 Å². The lowest BCUT2D eigenvalue weighted by Crippen LogP contribution is -2.30. The number of nitrogens with zero attached hydrogens (tertiary/aromatic N) is 1. The number of carboxylic acids is 1. The number of nitrogens with two attached hydrogens (primary N) is 2. The highest BCUT2D eigenvalue weighted by Gasteiger charge is 2.09. The highest BCUT2D eigenvalue weighted by molar-refractivity contribution is 6.58. The van der Waals surface area contributed by atoms with Gasteiger partial charge in [0.2, 0.25) is 0 Å². The molecule has 6 heteroatoms. The van der Waals surface area contributed by atoms with Crippen molar-refractivity contribution in [3.63, 3.8) is 0 Å². The molecule has 12 heavy (non-hydrogen) atoms. The SMILES string of the molecule is [B]C(N)=N[13CH2]CC[C@H](N)C(=O)O. The number of aliphatic imine (C=N–C) groups is 1. The van der Waals surface area contributed by atoms with Gasteiger partial charge in [-0.05, 0) is 12.8 Å². The number of carboxylic acid groups (broad SMARTS) is 1. The molecular formula is C6H12BN3O2. The average molecular weight is 170 g/mol. The summed E-state index contributed by atoms with van der Waals surface area (Å²) in [7, 11) is 5.05. The molecule has 0 heterocycles. The summed E-state index contributed by atoms with van der Waals surface area (Å²) in [6, 6.07) is -0.820. The quantitative estimate of drug-likeness (QED) is 0.156. The van der Waals surface area contributed by atoms with Crippen LogP contribution in [0.3, 0.4) is 0 Å². The molecule has 0 aromatic rings. The van der Waals surface area contributed by atoms with Gasteiger partial charge < -0.3 is 16.6 Å². The summed E-state index contributed by atoms with van der Waals surface area (Å²) in [5, 5.41) is 8.38. The lowest BCUT2D eigenvalue weighted by Gasteiger charge is -2.03. The van der Waals surface area contributed by atoms with Gasteiger partial charge in [0, 0.05) is 12.3 Å². The highest BCUT2D eigenvalue weighted by Crippen LogP contribution is 1.94. The van der Waals surface area contributed by atoms with E-state index < -0.39 is 12.0 Å². The highest BCUT2D eigenvalue weighted by atomic mass is 16.4. The summed E-state index contributed by atoms with van der Waals surface area (Å²) < 4.78 is 0. The Morgan fingerprint density at radius 1 is 1.67 bits per heavy atom. The molecule has 0 fully saturated rings. The maximum absolute atomic E-state index is 10.2. The van der Waals surface area contributed by atoms with Crippen LogP contribution in [0.5, 0.6) is 0 Å². The second kappa shape index (κ2) is 5.59. The van der Waals surface area contributed by atoms with Crippen molar-refractivity contribution in [1.29, 1.82) is 0 Å². The summed E-state index contributed by atoms with van der Waals surface area (Å²) in [4.78, 5) is 13.9. The van der Waals surface area contributed by atoms with Crippen molar-refractivity contribution in [2.45, 2.75) is 18.9 Å². The van der Waals surface area contributed by atoms with E-state index >= 15 is 0 Å². The van der Waals surface area contributed by atoms with Crippen LogP contribution in [-0.4, -0.2) is 37.2 Å². The third-order valence-electron chi connectivity index (χ3n) is 1.28. The van der Waals surface area contributed by atoms with Gasteiger partial charge in [-0.25, -0.2) is 0 Å². The molecule has 5 N–H and O–H groups in total. The number of hydrogen-bond acceptors (Lipinski definition) is 3. The monoisotopic (exact) mass is 170 g/mol. The third kappa shape index (κ3) is 5.73. The summed E-state index contributed by atoms with van der Waals surface area (Å²) in [6.45, 7) is 0.420. The van der Waals surface area contributed by atoms with Gasteiger partial charge in [0.05, 0.1) is 0 Å². The first-order chi connectivity index (χ1) is 5.54. The van der Waals surface area contributed by atoms with Crippen molar-refractivity contribution in [2.75, 3.05) is 6.54 Å². The van der Waals surface area contributed by atoms with E-state index in [0.29, 0.717) is 19.4 Å². The first-order valence-corrected chi connectivity index (χ1v) is 3.58. The summed E-state index contributed by atoms with van der Waals surface area (Å²) in [5.41, 5.74) is 10.3. The number of rotatable bonds is 5. The van der Waals surface area contributed by atoms with Gasteiger partial charge in [-0.3, -0.25) is 9.79 Å². The molecule has 0 rings (SSSR count). The second-order valence-corrected chi connectivity index (χ2v) is 2.39. The van der Waals surface area contributed by atoms with Gasteiger partial charge in [-0.1, -0.05) is 0 Å². The van der Waals surface area contributed by atoms with E-state index in [2.05, 4.69) is 4.99 Å². The molecule has 0 aliphatic carbocycles. The van der Waals surface area contributed by atoms with Crippen LogP contribution in [0.2, 0.25) is 0 Å². The average Bonchev–Trinajstić information content (AvgIpc) is 1.97. The minimum Gasteiger partial charge on any atom is -0.480 e. The second-order valence-electron chi connectivity index (χ2n) is 2.39. The first-order valence-electron chi connectivity index (χ1n) is 3.58. The largest absolute Gasteiger partial charge is 0.480 e. The van der Waals surface area contributed by atoms with Gasteiger partial charge in [0.25, 0.3) is 0 Å². The predicted molar refractivity (Wildman–Crippen MR) is 47.1 cm³/mol. The lowest BCUT2D eigenvalue weighted by atomic mass is 10.1. The Morgan fingerprint density at radius 3 is 2.67 bits per heavy atom. The lowest BCUT2D eigenvalue weighted by molar-refractivity contribution is -0.138. The van der Waals surface area contributed by atoms with Crippen LogP contribution in [0, 0.1) is 0 Å². The summed E-state index contributed by atoms with van der Waals surface area (Å²) in [6.07, 6.45) is 0.956. The minimum atomic E-state index is -1.00. The molecule has 0 spiro atoms. The van der Waals surface area contributed by atoms with Gasteiger partial charge >= 0.3 is 5.97 Å². The Bertz CT molecular complexity index is 180. The fourth-order valence-electron chi connectivity index (χ4n) is 0.643. The molecule has 0 saturated heterocycles. The zero-order chi connectivity index (χ0) is 9.56. The summed E-state index contributed by atoms with van der Waals surface area (Å²) in [5.74, 6) is -1.00. The molecule has 0 amide bonds. The Kier molecular flexibility index (Phi) is 5.11. The molecular weight excluding hydrogens is 158 g/mol. The molecule has 0 aliphatic rings. The number of hydrogen-bond donors (Lipinski definition) is 3. The maximum Gasteiger partial charge on any atom is 0.320 e. The molecule has 1 atom stereocenters. The van der Waals surface area contributed by atoms with Gasteiger partial charge in [-0.2, -0.15) is 0 Å². The fourth-order valence-corrected chi connectivity index (χ4v) is 0.643. The van der Waals surface area contributed by atoms with Crippen LogP contribution in [0.1, 0.15) is 12.8 Å². The van der Waals surface area contributed by atoms with Gasteiger partial charge in [0.1, 0.15) is 6.04 Å². The maximum atomic E-state index is 10.2. The normalized spacial score (nSPS) is 14.2. The van der Waals surface area contributed by atoms with Crippen LogP contribution in [-0.2, 0) is 4.79 Å². The first kappa shape index (κ1) is 11.0. The van der Waals surface area contributed by atoms with E-state index in [-0.39, 0.29) is 5.73 Å². The smallest absolute Gasteiger partial charge is 0.320 e. The third-order valence-corrected chi connectivity index (χ3v) is 1.28. The van der Waals surface area contributed by atoms with Gasteiger partial charge in [0.15, 0.2) is 7.85 Å². The molecule has 5 nitrogen and oxygen atoms in total. The molecule has 0 aromatic carbocycles. The summed E-state index contributed by atoms with van der Waals surface area (Å²) >= 11 is 0.